The maximum absolute atomic E-state index is 12.2. The fraction of sp³-hybridized carbons (Fsp3) is 0.308. The van der Waals surface area contributed by atoms with E-state index in [2.05, 4.69) is 10.1 Å². The Morgan fingerprint density at radius 1 is 1.42 bits per heavy atom. The van der Waals surface area contributed by atoms with Crippen LogP contribution in [0.2, 0.25) is 0 Å². The summed E-state index contributed by atoms with van der Waals surface area (Å²) in [6, 6.07) is 3.27. The molecular formula is C13H16N4O2. The van der Waals surface area contributed by atoms with Crippen molar-refractivity contribution in [3.8, 4) is 0 Å². The van der Waals surface area contributed by atoms with Gasteiger partial charge >= 0.3 is 0 Å². The molecule has 0 bridgehead atoms. The molecule has 2 aromatic heterocycles. The minimum Gasteiger partial charge on any atom is -0.397 e. The van der Waals surface area contributed by atoms with Crippen LogP contribution in [0.1, 0.15) is 27.5 Å². The van der Waals surface area contributed by atoms with Crippen LogP contribution in [0.5, 0.6) is 0 Å². The standard InChI is InChI=1S/C13H16N4O2/c1-8-11(9(2)19-16-8)7-17(3)13(18)12-5-4-10(14)6-15-12/h4-6H,7,14H2,1-3H3. The van der Waals surface area contributed by atoms with E-state index in [0.717, 1.165) is 17.0 Å². The van der Waals surface area contributed by atoms with Crippen LogP contribution in [0.3, 0.4) is 0 Å². The van der Waals surface area contributed by atoms with E-state index in [1.165, 1.54) is 6.20 Å². The molecule has 6 nitrogen and oxygen atoms in total. The average Bonchev–Trinajstić information content (AvgIpc) is 2.70. The van der Waals surface area contributed by atoms with Crippen molar-refractivity contribution in [3.05, 3.63) is 41.0 Å². The van der Waals surface area contributed by atoms with Crippen molar-refractivity contribution in [3.63, 3.8) is 0 Å². The highest BCUT2D eigenvalue weighted by molar-refractivity contribution is 5.92. The van der Waals surface area contributed by atoms with E-state index in [1.54, 1.807) is 24.1 Å². The maximum Gasteiger partial charge on any atom is 0.272 e. The first kappa shape index (κ1) is 13.1. The second-order valence-electron chi connectivity index (χ2n) is 4.44. The number of carbonyl (C=O) groups is 1. The van der Waals surface area contributed by atoms with E-state index in [1.807, 2.05) is 13.8 Å². The van der Waals surface area contributed by atoms with Crippen LogP contribution in [0, 0.1) is 13.8 Å². The summed E-state index contributed by atoms with van der Waals surface area (Å²) in [5, 5.41) is 3.87. The second-order valence-corrected chi connectivity index (χ2v) is 4.44. The summed E-state index contributed by atoms with van der Waals surface area (Å²) in [6.07, 6.45) is 1.47. The lowest BCUT2D eigenvalue weighted by Crippen LogP contribution is -2.27. The van der Waals surface area contributed by atoms with Gasteiger partial charge in [0.25, 0.3) is 5.91 Å². The summed E-state index contributed by atoms with van der Waals surface area (Å²) in [7, 11) is 1.71. The van der Waals surface area contributed by atoms with Crippen LogP contribution >= 0.6 is 0 Å². The Balaban J connectivity index is 2.14. The van der Waals surface area contributed by atoms with Crippen molar-refractivity contribution < 1.29 is 9.32 Å². The number of hydrogen-bond donors (Lipinski definition) is 1. The molecule has 2 heterocycles. The van der Waals surface area contributed by atoms with Gasteiger partial charge in [-0.2, -0.15) is 0 Å². The van der Waals surface area contributed by atoms with Crippen LogP contribution in [-0.4, -0.2) is 28.0 Å². The highest BCUT2D eigenvalue weighted by Crippen LogP contribution is 2.15. The molecule has 2 aromatic rings. The van der Waals surface area contributed by atoms with Crippen molar-refractivity contribution in [1.29, 1.82) is 0 Å². The number of aromatic nitrogens is 2. The number of carbonyl (C=O) groups excluding carboxylic acids is 1. The summed E-state index contributed by atoms with van der Waals surface area (Å²) in [6.45, 7) is 4.12. The van der Waals surface area contributed by atoms with E-state index in [9.17, 15) is 4.79 Å². The average molecular weight is 260 g/mol. The van der Waals surface area contributed by atoms with Gasteiger partial charge in [0.2, 0.25) is 0 Å². The molecule has 0 aliphatic heterocycles. The van der Waals surface area contributed by atoms with Gasteiger partial charge in [0, 0.05) is 12.6 Å². The number of nitrogen functional groups attached to an aromatic ring is 1. The quantitative estimate of drug-likeness (QED) is 0.904. The Morgan fingerprint density at radius 3 is 2.68 bits per heavy atom. The van der Waals surface area contributed by atoms with Crippen molar-refractivity contribution in [2.75, 3.05) is 12.8 Å². The third kappa shape index (κ3) is 2.73. The van der Waals surface area contributed by atoms with E-state index < -0.39 is 0 Å². The smallest absolute Gasteiger partial charge is 0.272 e. The van der Waals surface area contributed by atoms with Gasteiger partial charge in [0.15, 0.2) is 0 Å². The Bertz CT molecular complexity index is 570. The van der Waals surface area contributed by atoms with Crippen LogP contribution in [-0.2, 0) is 6.54 Å². The van der Waals surface area contributed by atoms with Crippen LogP contribution < -0.4 is 5.73 Å². The Labute approximate surface area is 111 Å². The van der Waals surface area contributed by atoms with Crippen LogP contribution in [0.15, 0.2) is 22.9 Å². The normalized spacial score (nSPS) is 10.5. The summed E-state index contributed by atoms with van der Waals surface area (Å²) < 4.78 is 5.08. The zero-order valence-corrected chi connectivity index (χ0v) is 11.2. The highest BCUT2D eigenvalue weighted by atomic mass is 16.5. The Kier molecular flexibility index (Phi) is 3.50. The molecule has 1 amide bonds. The minimum absolute atomic E-state index is 0.167. The Hall–Kier alpha value is -2.37. The number of aryl methyl sites for hydroxylation is 2. The number of amides is 1. The van der Waals surface area contributed by atoms with Crippen molar-refractivity contribution in [1.82, 2.24) is 15.0 Å². The van der Waals surface area contributed by atoms with Crippen LogP contribution in [0.25, 0.3) is 0 Å². The van der Waals surface area contributed by atoms with Gasteiger partial charge < -0.3 is 15.2 Å². The molecule has 6 heteroatoms. The summed E-state index contributed by atoms with van der Waals surface area (Å²) in [5.74, 6) is 0.558. The summed E-state index contributed by atoms with van der Waals surface area (Å²) >= 11 is 0. The molecule has 0 aliphatic carbocycles. The molecule has 2 N–H and O–H groups in total. The largest absolute Gasteiger partial charge is 0.397 e. The first-order valence-corrected chi connectivity index (χ1v) is 5.87. The molecule has 0 radical (unpaired) electrons. The van der Waals surface area contributed by atoms with Gasteiger partial charge in [0.05, 0.1) is 24.1 Å². The number of nitrogens with zero attached hydrogens (tertiary/aromatic N) is 3. The molecule has 0 spiro atoms. The van der Waals surface area contributed by atoms with E-state index >= 15 is 0 Å². The number of nitrogens with two attached hydrogens (primary N) is 1. The first-order chi connectivity index (χ1) is 8.99. The fourth-order valence-electron chi connectivity index (χ4n) is 1.76. The lowest BCUT2D eigenvalue weighted by molar-refractivity contribution is 0.0779. The molecule has 19 heavy (non-hydrogen) atoms. The number of anilines is 1. The van der Waals surface area contributed by atoms with E-state index in [-0.39, 0.29) is 5.91 Å². The molecule has 0 aromatic carbocycles. The van der Waals surface area contributed by atoms with Gasteiger partial charge in [-0.25, -0.2) is 4.98 Å². The molecule has 0 atom stereocenters. The van der Waals surface area contributed by atoms with Gasteiger partial charge in [-0.3, -0.25) is 4.79 Å². The van der Waals surface area contributed by atoms with Crippen LogP contribution in [0.4, 0.5) is 5.69 Å². The third-order valence-electron chi connectivity index (χ3n) is 2.93. The molecule has 2 rings (SSSR count). The topological polar surface area (TPSA) is 85.2 Å². The molecule has 0 saturated carbocycles. The zero-order chi connectivity index (χ0) is 14.0. The maximum atomic E-state index is 12.2. The van der Waals surface area contributed by atoms with Gasteiger partial charge in [0.1, 0.15) is 11.5 Å². The predicted molar refractivity (Wildman–Crippen MR) is 70.4 cm³/mol. The molecule has 0 saturated heterocycles. The number of rotatable bonds is 3. The van der Waals surface area contributed by atoms with E-state index in [0.29, 0.717) is 17.9 Å². The second kappa shape index (κ2) is 5.09. The Morgan fingerprint density at radius 2 is 2.16 bits per heavy atom. The monoisotopic (exact) mass is 260 g/mol. The zero-order valence-electron chi connectivity index (χ0n) is 11.2. The lowest BCUT2D eigenvalue weighted by Gasteiger charge is -2.16. The number of hydrogen-bond acceptors (Lipinski definition) is 5. The SMILES string of the molecule is Cc1noc(C)c1CN(C)C(=O)c1ccc(N)cn1. The molecule has 0 fully saturated rings. The highest BCUT2D eigenvalue weighted by Gasteiger charge is 2.17. The molecule has 100 valence electrons. The fourth-order valence-corrected chi connectivity index (χ4v) is 1.76. The summed E-state index contributed by atoms with van der Waals surface area (Å²) in [5.41, 5.74) is 8.16. The van der Waals surface area contributed by atoms with Crippen molar-refractivity contribution in [2.24, 2.45) is 0 Å². The van der Waals surface area contributed by atoms with Crippen molar-refractivity contribution >= 4 is 11.6 Å². The van der Waals surface area contributed by atoms with Gasteiger partial charge in [-0.05, 0) is 26.0 Å². The van der Waals surface area contributed by atoms with E-state index in [4.69, 9.17) is 10.3 Å². The van der Waals surface area contributed by atoms with Crippen molar-refractivity contribution in [2.45, 2.75) is 20.4 Å². The van der Waals surface area contributed by atoms with Gasteiger partial charge in [-0.1, -0.05) is 5.16 Å². The molecule has 0 unspecified atom stereocenters. The number of pyridine rings is 1. The lowest BCUT2D eigenvalue weighted by atomic mass is 10.2. The predicted octanol–water partition coefficient (Wildman–Crippen LogP) is 1.54. The minimum atomic E-state index is -0.167. The van der Waals surface area contributed by atoms with Gasteiger partial charge in [-0.15, -0.1) is 0 Å². The molecule has 0 aliphatic rings. The molecular weight excluding hydrogens is 244 g/mol. The third-order valence-corrected chi connectivity index (χ3v) is 2.93. The summed E-state index contributed by atoms with van der Waals surface area (Å²) in [4.78, 5) is 17.8. The first-order valence-electron chi connectivity index (χ1n) is 5.87.